The first-order valence-electron chi connectivity index (χ1n) is 5.54. The second-order valence-electron chi connectivity index (χ2n) is 3.98. The van der Waals surface area contributed by atoms with Crippen LogP contribution in [0.1, 0.15) is 11.1 Å². The molecule has 0 atom stereocenters. The molecule has 1 N–H and O–H groups in total. The molecule has 0 amide bonds. The van der Waals surface area contributed by atoms with Gasteiger partial charge in [0.15, 0.2) is 0 Å². The zero-order valence-electron chi connectivity index (χ0n) is 9.87. The summed E-state index contributed by atoms with van der Waals surface area (Å²) in [7, 11) is 0. The highest BCUT2D eigenvalue weighted by Crippen LogP contribution is 2.35. The standard InChI is InChI=1S/C14H11Br3O2/c15-7-10-5-12(16)14(13(17)6-10)19-8-9-1-3-11(18)4-2-9/h1-6,18H,7-8H2. The van der Waals surface area contributed by atoms with Gasteiger partial charge >= 0.3 is 0 Å². The summed E-state index contributed by atoms with van der Waals surface area (Å²) in [6.45, 7) is 0.450. The molecule has 0 saturated heterocycles. The predicted octanol–water partition coefficient (Wildman–Crippen LogP) is 5.39. The molecular formula is C14H11Br3O2. The maximum Gasteiger partial charge on any atom is 0.148 e. The summed E-state index contributed by atoms with van der Waals surface area (Å²) in [5.74, 6) is 1.03. The molecule has 2 aromatic rings. The molecular weight excluding hydrogens is 440 g/mol. The van der Waals surface area contributed by atoms with Crippen molar-refractivity contribution in [2.24, 2.45) is 0 Å². The minimum atomic E-state index is 0.257. The van der Waals surface area contributed by atoms with E-state index in [1.54, 1.807) is 12.1 Å². The number of halogens is 3. The molecule has 19 heavy (non-hydrogen) atoms. The van der Waals surface area contributed by atoms with E-state index in [9.17, 15) is 5.11 Å². The Bertz CT molecular complexity index is 544. The summed E-state index contributed by atoms with van der Waals surface area (Å²) in [5.41, 5.74) is 2.16. The lowest BCUT2D eigenvalue weighted by Gasteiger charge is -2.11. The fourth-order valence-electron chi connectivity index (χ4n) is 1.58. The van der Waals surface area contributed by atoms with Crippen LogP contribution >= 0.6 is 47.8 Å². The van der Waals surface area contributed by atoms with E-state index in [0.29, 0.717) is 6.61 Å². The van der Waals surface area contributed by atoms with Gasteiger partial charge in [0.1, 0.15) is 18.1 Å². The summed E-state index contributed by atoms with van der Waals surface area (Å²) < 4.78 is 7.63. The molecule has 5 heteroatoms. The van der Waals surface area contributed by atoms with Gasteiger partial charge in [0.25, 0.3) is 0 Å². The van der Waals surface area contributed by atoms with E-state index in [2.05, 4.69) is 47.8 Å². The van der Waals surface area contributed by atoms with Crippen molar-refractivity contribution in [2.75, 3.05) is 0 Å². The summed E-state index contributed by atoms with van der Waals surface area (Å²) in [4.78, 5) is 0. The van der Waals surface area contributed by atoms with Gasteiger partial charge in [0.05, 0.1) is 8.95 Å². The number of alkyl halides is 1. The van der Waals surface area contributed by atoms with Crippen LogP contribution in [0, 0.1) is 0 Å². The Balaban J connectivity index is 2.13. The van der Waals surface area contributed by atoms with Crippen LogP contribution in [0.2, 0.25) is 0 Å². The van der Waals surface area contributed by atoms with Gasteiger partial charge in [0, 0.05) is 5.33 Å². The van der Waals surface area contributed by atoms with Gasteiger partial charge in [-0.05, 0) is 67.3 Å². The van der Waals surface area contributed by atoms with Crippen molar-refractivity contribution in [1.29, 1.82) is 0 Å². The fourth-order valence-corrected chi connectivity index (χ4v) is 3.41. The quantitative estimate of drug-likeness (QED) is 0.633. The molecule has 0 aromatic heterocycles. The Kier molecular flexibility index (Phi) is 5.30. The summed E-state index contributed by atoms with van der Waals surface area (Å²) in [5, 5.41) is 10.0. The van der Waals surface area contributed by atoms with Crippen molar-refractivity contribution in [1.82, 2.24) is 0 Å². The second kappa shape index (κ2) is 6.77. The van der Waals surface area contributed by atoms with E-state index in [4.69, 9.17) is 4.74 Å². The van der Waals surface area contributed by atoms with Crippen molar-refractivity contribution >= 4 is 47.8 Å². The molecule has 0 fully saturated rings. The number of phenolic OH excluding ortho intramolecular Hbond substituents is 1. The van der Waals surface area contributed by atoms with Crippen molar-refractivity contribution in [3.63, 3.8) is 0 Å². The predicted molar refractivity (Wildman–Crippen MR) is 86.9 cm³/mol. The third-order valence-electron chi connectivity index (χ3n) is 2.53. The highest BCUT2D eigenvalue weighted by atomic mass is 79.9. The van der Waals surface area contributed by atoms with E-state index >= 15 is 0 Å². The minimum absolute atomic E-state index is 0.257. The van der Waals surface area contributed by atoms with Crippen molar-refractivity contribution < 1.29 is 9.84 Å². The van der Waals surface area contributed by atoms with Gasteiger partial charge in [0.2, 0.25) is 0 Å². The molecule has 0 aliphatic heterocycles. The zero-order chi connectivity index (χ0) is 13.8. The molecule has 0 bridgehead atoms. The van der Waals surface area contributed by atoms with Crippen LogP contribution in [-0.4, -0.2) is 5.11 Å². The first kappa shape index (κ1) is 14.9. The fraction of sp³-hybridized carbons (Fsp3) is 0.143. The molecule has 2 nitrogen and oxygen atoms in total. The van der Waals surface area contributed by atoms with Crippen LogP contribution < -0.4 is 4.74 Å². The topological polar surface area (TPSA) is 29.5 Å². The minimum Gasteiger partial charge on any atom is -0.508 e. The molecule has 0 aliphatic rings. The second-order valence-corrected chi connectivity index (χ2v) is 6.25. The molecule has 0 saturated carbocycles. The lowest BCUT2D eigenvalue weighted by atomic mass is 10.2. The first-order chi connectivity index (χ1) is 9.10. The van der Waals surface area contributed by atoms with Crippen LogP contribution in [-0.2, 0) is 11.9 Å². The summed E-state index contributed by atoms with van der Waals surface area (Å²) >= 11 is 10.4. The number of hydrogen-bond donors (Lipinski definition) is 1. The average Bonchev–Trinajstić information content (AvgIpc) is 2.39. The van der Waals surface area contributed by atoms with Crippen LogP contribution in [0.25, 0.3) is 0 Å². The van der Waals surface area contributed by atoms with Crippen LogP contribution in [0.4, 0.5) is 0 Å². The maximum absolute atomic E-state index is 9.23. The SMILES string of the molecule is Oc1ccc(COc2c(Br)cc(CBr)cc2Br)cc1. The van der Waals surface area contributed by atoms with Gasteiger partial charge in [-0.2, -0.15) is 0 Å². The number of benzene rings is 2. The number of phenols is 1. The summed E-state index contributed by atoms with van der Waals surface area (Å²) in [6.07, 6.45) is 0. The number of hydrogen-bond acceptors (Lipinski definition) is 2. The molecule has 0 spiro atoms. The molecule has 0 aliphatic carbocycles. The van der Waals surface area contributed by atoms with E-state index in [-0.39, 0.29) is 5.75 Å². The molecule has 0 heterocycles. The maximum atomic E-state index is 9.23. The lowest BCUT2D eigenvalue weighted by Crippen LogP contribution is -1.97. The monoisotopic (exact) mass is 448 g/mol. The third-order valence-corrected chi connectivity index (χ3v) is 4.36. The number of ether oxygens (including phenoxy) is 1. The number of rotatable bonds is 4. The Morgan fingerprint density at radius 3 is 2.05 bits per heavy atom. The van der Waals surface area contributed by atoms with Crippen LogP contribution in [0.15, 0.2) is 45.3 Å². The molecule has 0 unspecified atom stereocenters. The zero-order valence-corrected chi connectivity index (χ0v) is 14.6. The molecule has 2 rings (SSSR count). The Morgan fingerprint density at radius 1 is 0.947 bits per heavy atom. The normalized spacial score (nSPS) is 10.5. The van der Waals surface area contributed by atoms with E-state index in [0.717, 1.165) is 31.2 Å². The highest BCUT2D eigenvalue weighted by Gasteiger charge is 2.09. The van der Waals surface area contributed by atoms with Gasteiger partial charge in [-0.3, -0.25) is 0 Å². The highest BCUT2D eigenvalue weighted by molar-refractivity contribution is 9.11. The average molecular weight is 451 g/mol. The van der Waals surface area contributed by atoms with Gasteiger partial charge in [-0.1, -0.05) is 28.1 Å². The van der Waals surface area contributed by atoms with Crippen molar-refractivity contribution in [2.45, 2.75) is 11.9 Å². The molecule has 2 aromatic carbocycles. The van der Waals surface area contributed by atoms with E-state index in [1.165, 1.54) is 0 Å². The smallest absolute Gasteiger partial charge is 0.148 e. The van der Waals surface area contributed by atoms with Crippen LogP contribution in [0.3, 0.4) is 0 Å². The third kappa shape index (κ3) is 3.97. The van der Waals surface area contributed by atoms with Crippen molar-refractivity contribution in [3.8, 4) is 11.5 Å². The Labute approximate surface area is 137 Å². The Hall–Kier alpha value is -0.520. The largest absolute Gasteiger partial charge is 0.508 e. The number of aromatic hydroxyl groups is 1. The van der Waals surface area contributed by atoms with E-state index < -0.39 is 0 Å². The van der Waals surface area contributed by atoms with Crippen molar-refractivity contribution in [3.05, 3.63) is 56.5 Å². The lowest BCUT2D eigenvalue weighted by molar-refractivity contribution is 0.302. The van der Waals surface area contributed by atoms with E-state index in [1.807, 2.05) is 24.3 Å². The van der Waals surface area contributed by atoms with Gasteiger partial charge in [-0.25, -0.2) is 0 Å². The van der Waals surface area contributed by atoms with Crippen LogP contribution in [0.5, 0.6) is 11.5 Å². The molecule has 0 radical (unpaired) electrons. The first-order valence-corrected chi connectivity index (χ1v) is 8.25. The van der Waals surface area contributed by atoms with Gasteiger partial charge < -0.3 is 9.84 Å². The van der Waals surface area contributed by atoms with Gasteiger partial charge in [-0.15, -0.1) is 0 Å². The molecule has 100 valence electrons. The summed E-state index contributed by atoms with van der Waals surface area (Å²) in [6, 6.07) is 11.0. The Morgan fingerprint density at radius 2 is 1.53 bits per heavy atom.